The molecule has 0 spiro atoms. The van der Waals surface area contributed by atoms with Crippen molar-refractivity contribution < 1.29 is 9.59 Å². The predicted molar refractivity (Wildman–Crippen MR) is 91.8 cm³/mol. The number of anilines is 1. The number of piperazine rings is 1. The fourth-order valence-electron chi connectivity index (χ4n) is 3.10. The second-order valence-corrected chi connectivity index (χ2v) is 6.02. The van der Waals surface area contributed by atoms with Crippen molar-refractivity contribution in [3.05, 3.63) is 40.2 Å². The van der Waals surface area contributed by atoms with Gasteiger partial charge in [-0.25, -0.2) is 0 Å². The number of hydrogen-bond donors (Lipinski definition) is 1. The van der Waals surface area contributed by atoms with E-state index in [1.165, 1.54) is 6.92 Å². The van der Waals surface area contributed by atoms with Crippen LogP contribution in [0.4, 0.5) is 5.69 Å². The Labute approximate surface area is 139 Å². The highest BCUT2D eigenvalue weighted by Crippen LogP contribution is 2.18. The Morgan fingerprint density at radius 3 is 2.33 bits per heavy atom. The number of aromatic nitrogens is 1. The van der Waals surface area contributed by atoms with Gasteiger partial charge in [-0.2, -0.15) is 0 Å². The molecule has 7 nitrogen and oxygen atoms in total. The van der Waals surface area contributed by atoms with Gasteiger partial charge in [-0.1, -0.05) is 6.07 Å². The first-order chi connectivity index (χ1) is 11.4. The fourth-order valence-corrected chi connectivity index (χ4v) is 3.10. The van der Waals surface area contributed by atoms with Gasteiger partial charge in [-0.05, 0) is 12.1 Å². The SMILES string of the molecule is CC(=O)N1CCN(C(=O)c2cn(C)c3cccc(N)c3c2=O)CC1. The lowest BCUT2D eigenvalue weighted by molar-refractivity contribution is -0.130. The van der Waals surface area contributed by atoms with E-state index in [1.807, 2.05) is 0 Å². The van der Waals surface area contributed by atoms with Crippen LogP contribution >= 0.6 is 0 Å². The summed E-state index contributed by atoms with van der Waals surface area (Å²) in [4.78, 5) is 40.2. The molecule has 2 amide bonds. The minimum Gasteiger partial charge on any atom is -0.398 e. The number of nitrogen functional groups attached to an aromatic ring is 1. The first kappa shape index (κ1) is 16.0. The predicted octanol–water partition coefficient (Wildman–Crippen LogP) is 0.425. The van der Waals surface area contributed by atoms with Gasteiger partial charge in [0.2, 0.25) is 11.3 Å². The van der Waals surface area contributed by atoms with Crippen molar-refractivity contribution in [1.29, 1.82) is 0 Å². The summed E-state index contributed by atoms with van der Waals surface area (Å²) in [6, 6.07) is 5.23. The molecule has 1 aliphatic heterocycles. The molecule has 1 fully saturated rings. The molecule has 0 atom stereocenters. The van der Waals surface area contributed by atoms with Crippen molar-refractivity contribution in [2.24, 2.45) is 7.05 Å². The number of rotatable bonds is 1. The van der Waals surface area contributed by atoms with E-state index >= 15 is 0 Å². The molecule has 1 saturated heterocycles. The van der Waals surface area contributed by atoms with Crippen LogP contribution in [-0.4, -0.2) is 52.4 Å². The van der Waals surface area contributed by atoms with Crippen molar-refractivity contribution in [3.63, 3.8) is 0 Å². The smallest absolute Gasteiger partial charge is 0.259 e. The Morgan fingerprint density at radius 2 is 1.71 bits per heavy atom. The fraction of sp³-hybridized carbons (Fsp3) is 0.353. The molecule has 24 heavy (non-hydrogen) atoms. The molecule has 1 aromatic carbocycles. The Morgan fingerprint density at radius 1 is 1.08 bits per heavy atom. The van der Waals surface area contributed by atoms with Crippen LogP contribution in [0.3, 0.4) is 0 Å². The number of hydrogen-bond acceptors (Lipinski definition) is 4. The third-order valence-electron chi connectivity index (χ3n) is 4.49. The van der Waals surface area contributed by atoms with Gasteiger partial charge in [0.15, 0.2) is 0 Å². The summed E-state index contributed by atoms with van der Waals surface area (Å²) in [7, 11) is 1.78. The highest BCUT2D eigenvalue weighted by Gasteiger charge is 2.26. The zero-order valence-corrected chi connectivity index (χ0v) is 13.8. The van der Waals surface area contributed by atoms with Crippen LogP contribution < -0.4 is 11.2 Å². The third kappa shape index (κ3) is 2.62. The lowest BCUT2D eigenvalue weighted by Crippen LogP contribution is -2.50. The molecule has 126 valence electrons. The molecule has 2 N–H and O–H groups in total. The summed E-state index contributed by atoms with van der Waals surface area (Å²) >= 11 is 0. The Kier molecular flexibility index (Phi) is 4.01. The molecule has 2 aromatic rings. The van der Waals surface area contributed by atoms with E-state index in [0.717, 1.165) is 0 Å². The Hall–Kier alpha value is -2.83. The number of nitrogens with zero attached hydrogens (tertiary/aromatic N) is 3. The summed E-state index contributed by atoms with van der Waals surface area (Å²) in [5, 5.41) is 0.369. The molecule has 0 radical (unpaired) electrons. The second kappa shape index (κ2) is 5.99. The van der Waals surface area contributed by atoms with Gasteiger partial charge in [0, 0.05) is 52.0 Å². The summed E-state index contributed by atoms with van der Waals surface area (Å²) in [6.07, 6.45) is 1.56. The summed E-state index contributed by atoms with van der Waals surface area (Å²) < 4.78 is 1.74. The Bertz CT molecular complexity index is 879. The van der Waals surface area contributed by atoms with Gasteiger partial charge < -0.3 is 20.1 Å². The zero-order valence-electron chi connectivity index (χ0n) is 13.8. The molecule has 2 heterocycles. The molecule has 3 rings (SSSR count). The largest absolute Gasteiger partial charge is 0.398 e. The van der Waals surface area contributed by atoms with Gasteiger partial charge in [0.1, 0.15) is 5.56 Å². The van der Waals surface area contributed by atoms with Crippen LogP contribution in [0.5, 0.6) is 0 Å². The first-order valence-electron chi connectivity index (χ1n) is 7.82. The van der Waals surface area contributed by atoms with Crippen molar-refractivity contribution in [3.8, 4) is 0 Å². The van der Waals surface area contributed by atoms with E-state index < -0.39 is 0 Å². The zero-order chi connectivity index (χ0) is 17.4. The van der Waals surface area contributed by atoms with Crippen LogP contribution in [0.15, 0.2) is 29.2 Å². The number of nitrogens with two attached hydrogens (primary N) is 1. The minimum absolute atomic E-state index is 0.00325. The summed E-state index contributed by atoms with van der Waals surface area (Å²) in [6.45, 7) is 3.32. The maximum atomic E-state index is 12.8. The number of fused-ring (bicyclic) bond motifs is 1. The van der Waals surface area contributed by atoms with Crippen LogP contribution in [-0.2, 0) is 11.8 Å². The number of aryl methyl sites for hydroxylation is 1. The maximum absolute atomic E-state index is 12.8. The van der Waals surface area contributed by atoms with Crippen molar-refractivity contribution in [2.75, 3.05) is 31.9 Å². The molecular formula is C17H20N4O3. The van der Waals surface area contributed by atoms with Gasteiger partial charge >= 0.3 is 0 Å². The van der Waals surface area contributed by atoms with Crippen molar-refractivity contribution in [2.45, 2.75) is 6.92 Å². The standard InChI is InChI=1S/C17H20N4O3/c1-11(22)20-6-8-21(9-7-20)17(24)12-10-19(2)14-5-3-4-13(18)15(14)16(12)23/h3-5,10H,6-9,18H2,1-2H3. The van der Waals surface area contributed by atoms with Gasteiger partial charge in [-0.3, -0.25) is 14.4 Å². The number of carbonyl (C=O) groups is 2. The lowest BCUT2D eigenvalue weighted by atomic mass is 10.1. The number of amides is 2. The minimum atomic E-state index is -0.347. The molecule has 0 saturated carbocycles. The quantitative estimate of drug-likeness (QED) is 0.769. The van der Waals surface area contributed by atoms with Gasteiger partial charge in [-0.15, -0.1) is 0 Å². The van der Waals surface area contributed by atoms with Gasteiger partial charge in [0.25, 0.3) is 5.91 Å². The molecule has 7 heteroatoms. The van der Waals surface area contributed by atoms with Crippen LogP contribution in [0.2, 0.25) is 0 Å². The number of benzene rings is 1. The normalized spacial score (nSPS) is 14.9. The molecule has 0 unspecified atom stereocenters. The van der Waals surface area contributed by atoms with E-state index in [2.05, 4.69) is 0 Å². The average Bonchev–Trinajstić information content (AvgIpc) is 2.57. The lowest BCUT2D eigenvalue weighted by Gasteiger charge is -2.34. The van der Waals surface area contributed by atoms with E-state index in [9.17, 15) is 14.4 Å². The van der Waals surface area contributed by atoms with E-state index in [4.69, 9.17) is 5.73 Å². The number of carbonyl (C=O) groups excluding carboxylic acids is 2. The highest BCUT2D eigenvalue weighted by molar-refractivity contribution is 6.00. The molecule has 1 aromatic heterocycles. The van der Waals surface area contributed by atoms with Crippen molar-refractivity contribution >= 4 is 28.4 Å². The first-order valence-corrected chi connectivity index (χ1v) is 7.82. The molecule has 0 bridgehead atoms. The topological polar surface area (TPSA) is 88.6 Å². The molecular weight excluding hydrogens is 308 g/mol. The molecule has 0 aliphatic carbocycles. The molecule has 1 aliphatic rings. The van der Waals surface area contributed by atoms with E-state index in [-0.39, 0.29) is 22.8 Å². The van der Waals surface area contributed by atoms with E-state index in [0.29, 0.717) is 42.8 Å². The maximum Gasteiger partial charge on any atom is 0.259 e. The van der Waals surface area contributed by atoms with Crippen LogP contribution in [0.1, 0.15) is 17.3 Å². The van der Waals surface area contributed by atoms with Crippen LogP contribution in [0, 0.1) is 0 Å². The summed E-state index contributed by atoms with van der Waals surface area (Å²) in [5.41, 5.74) is 6.76. The monoisotopic (exact) mass is 328 g/mol. The van der Waals surface area contributed by atoms with E-state index in [1.54, 1.807) is 45.8 Å². The Balaban J connectivity index is 1.97. The van der Waals surface area contributed by atoms with Crippen LogP contribution in [0.25, 0.3) is 10.9 Å². The second-order valence-electron chi connectivity index (χ2n) is 6.02. The highest BCUT2D eigenvalue weighted by atomic mass is 16.2. The third-order valence-corrected chi connectivity index (χ3v) is 4.49. The average molecular weight is 328 g/mol. The van der Waals surface area contributed by atoms with Crippen molar-refractivity contribution in [1.82, 2.24) is 14.4 Å². The summed E-state index contributed by atoms with van der Waals surface area (Å²) in [5.74, 6) is -0.319. The number of pyridine rings is 1. The van der Waals surface area contributed by atoms with Gasteiger partial charge in [0.05, 0.1) is 10.9 Å².